The maximum absolute atomic E-state index is 12.3. The minimum atomic E-state index is -0.743. The summed E-state index contributed by atoms with van der Waals surface area (Å²) in [6.07, 6.45) is 0.235. The molecule has 1 fully saturated rings. The van der Waals surface area contributed by atoms with Crippen molar-refractivity contribution < 1.29 is 33.4 Å². The van der Waals surface area contributed by atoms with E-state index in [2.05, 4.69) is 10.7 Å². The van der Waals surface area contributed by atoms with Crippen molar-refractivity contribution in [2.45, 2.75) is 26.7 Å². The average molecular weight is 459 g/mol. The highest BCUT2D eigenvalue weighted by Gasteiger charge is 2.25. The van der Waals surface area contributed by atoms with Gasteiger partial charge in [0.15, 0.2) is 6.61 Å². The minimum absolute atomic E-state index is 0.103. The number of rotatable bonds is 6. The summed E-state index contributed by atoms with van der Waals surface area (Å²) < 4.78 is 9.79. The Morgan fingerprint density at radius 2 is 1.78 bits per heavy atom. The van der Waals surface area contributed by atoms with Gasteiger partial charge in [-0.05, 0) is 43.7 Å². The van der Waals surface area contributed by atoms with Gasteiger partial charge in [0.1, 0.15) is 5.00 Å². The number of hydrogen-bond acceptors (Lipinski definition) is 8. The predicted molar refractivity (Wildman–Crippen MR) is 115 cm³/mol. The molecule has 0 radical (unpaired) electrons. The first-order valence-corrected chi connectivity index (χ1v) is 10.4. The van der Waals surface area contributed by atoms with Crippen LogP contribution in [0, 0.1) is 13.8 Å². The van der Waals surface area contributed by atoms with Gasteiger partial charge < -0.3 is 14.8 Å². The summed E-state index contributed by atoms with van der Waals surface area (Å²) in [6.45, 7) is 3.01. The SMILES string of the molecule is COC(=O)c1c(NC(=O)COC(=O)c2ccc(N3NC(=O)CCC3=O)cc2)sc(C)c1C. The normalized spacial score (nSPS) is 13.4. The molecule has 0 aliphatic carbocycles. The molecule has 3 rings (SSSR count). The predicted octanol–water partition coefficient (Wildman–Crippen LogP) is 2.11. The van der Waals surface area contributed by atoms with E-state index in [0.29, 0.717) is 16.3 Å². The van der Waals surface area contributed by atoms with Crippen molar-refractivity contribution in [3.05, 3.63) is 45.8 Å². The number of thiophene rings is 1. The summed E-state index contributed by atoms with van der Waals surface area (Å²) in [6, 6.07) is 5.82. The first-order valence-electron chi connectivity index (χ1n) is 9.59. The van der Waals surface area contributed by atoms with E-state index >= 15 is 0 Å². The monoisotopic (exact) mass is 459 g/mol. The van der Waals surface area contributed by atoms with Crippen molar-refractivity contribution in [1.29, 1.82) is 0 Å². The number of carbonyl (C=O) groups is 5. The fourth-order valence-electron chi connectivity index (χ4n) is 2.97. The van der Waals surface area contributed by atoms with Crippen LogP contribution in [0.4, 0.5) is 10.7 Å². The number of benzene rings is 1. The zero-order chi connectivity index (χ0) is 23.4. The fraction of sp³-hybridized carbons (Fsp3) is 0.286. The van der Waals surface area contributed by atoms with Crippen molar-refractivity contribution in [1.82, 2.24) is 5.43 Å². The van der Waals surface area contributed by atoms with E-state index in [1.165, 1.54) is 42.7 Å². The fourth-order valence-corrected chi connectivity index (χ4v) is 4.04. The molecular weight excluding hydrogens is 438 g/mol. The van der Waals surface area contributed by atoms with Crippen molar-refractivity contribution in [3.8, 4) is 0 Å². The van der Waals surface area contributed by atoms with E-state index in [0.717, 1.165) is 9.89 Å². The van der Waals surface area contributed by atoms with E-state index in [4.69, 9.17) is 9.47 Å². The summed E-state index contributed by atoms with van der Waals surface area (Å²) >= 11 is 1.22. The van der Waals surface area contributed by atoms with Gasteiger partial charge in [-0.15, -0.1) is 11.3 Å². The Kier molecular flexibility index (Phi) is 6.89. The molecule has 0 unspecified atom stereocenters. The Labute approximate surface area is 187 Å². The summed E-state index contributed by atoms with van der Waals surface area (Å²) in [4.78, 5) is 60.8. The quantitative estimate of drug-likeness (QED) is 0.633. The van der Waals surface area contributed by atoms with Crippen LogP contribution < -0.4 is 15.8 Å². The molecule has 10 nitrogen and oxygen atoms in total. The molecule has 0 spiro atoms. The van der Waals surface area contributed by atoms with Gasteiger partial charge in [-0.2, -0.15) is 0 Å². The van der Waals surface area contributed by atoms with E-state index in [1.807, 2.05) is 6.92 Å². The molecule has 0 bridgehead atoms. The van der Waals surface area contributed by atoms with Gasteiger partial charge in [0.2, 0.25) is 11.8 Å². The standard InChI is InChI=1S/C21H21N3O7S/c1-11-12(2)32-19(18(11)21(29)30-3)22-16(26)10-31-20(28)13-4-6-14(7-5-13)24-17(27)9-8-15(25)23-24/h4-7H,8-10H2,1-3H3,(H,22,26)(H,23,25). The third-order valence-electron chi connectivity index (χ3n) is 4.78. The Balaban J connectivity index is 1.60. The van der Waals surface area contributed by atoms with Crippen LogP contribution in [-0.4, -0.2) is 43.4 Å². The Morgan fingerprint density at radius 3 is 2.44 bits per heavy atom. The highest BCUT2D eigenvalue weighted by atomic mass is 32.1. The van der Waals surface area contributed by atoms with Crippen LogP contribution in [0.1, 0.15) is 44.0 Å². The van der Waals surface area contributed by atoms with Crippen LogP contribution in [0.3, 0.4) is 0 Å². The van der Waals surface area contributed by atoms with Crippen LogP contribution in [-0.2, 0) is 23.9 Å². The lowest BCUT2D eigenvalue weighted by Gasteiger charge is -2.27. The third-order valence-corrected chi connectivity index (χ3v) is 5.90. The van der Waals surface area contributed by atoms with Crippen LogP contribution in [0.25, 0.3) is 0 Å². The summed E-state index contributed by atoms with van der Waals surface area (Å²) in [7, 11) is 1.25. The Bertz CT molecular complexity index is 1090. The molecule has 2 aromatic rings. The number of anilines is 2. The molecule has 11 heteroatoms. The van der Waals surface area contributed by atoms with E-state index in [1.54, 1.807) is 6.92 Å². The number of hydrazine groups is 1. The molecule has 1 aliphatic rings. The zero-order valence-electron chi connectivity index (χ0n) is 17.6. The maximum atomic E-state index is 12.3. The second kappa shape index (κ2) is 9.60. The molecule has 0 saturated carbocycles. The van der Waals surface area contributed by atoms with Crippen molar-refractivity contribution >= 4 is 51.7 Å². The largest absolute Gasteiger partial charge is 0.465 e. The molecule has 2 heterocycles. The molecule has 168 valence electrons. The summed E-state index contributed by atoms with van der Waals surface area (Å²) in [5.74, 6) is -2.45. The minimum Gasteiger partial charge on any atom is -0.465 e. The van der Waals surface area contributed by atoms with Gasteiger partial charge in [-0.1, -0.05) is 0 Å². The molecule has 1 aliphatic heterocycles. The second-order valence-electron chi connectivity index (χ2n) is 6.91. The number of nitrogens with one attached hydrogen (secondary N) is 2. The average Bonchev–Trinajstić information content (AvgIpc) is 3.06. The lowest BCUT2D eigenvalue weighted by Crippen LogP contribution is -2.50. The van der Waals surface area contributed by atoms with Gasteiger partial charge in [0.05, 0.1) is 23.9 Å². The zero-order valence-corrected chi connectivity index (χ0v) is 18.5. The Morgan fingerprint density at radius 1 is 1.09 bits per heavy atom. The molecule has 3 amide bonds. The number of esters is 2. The number of aryl methyl sites for hydroxylation is 1. The topological polar surface area (TPSA) is 131 Å². The van der Waals surface area contributed by atoms with Crippen LogP contribution in [0.15, 0.2) is 24.3 Å². The number of amides is 3. The van der Waals surface area contributed by atoms with Gasteiger partial charge in [-0.25, -0.2) is 14.6 Å². The Hall–Kier alpha value is -3.73. The van der Waals surface area contributed by atoms with Gasteiger partial charge in [0, 0.05) is 17.7 Å². The van der Waals surface area contributed by atoms with Gasteiger partial charge in [0.25, 0.3) is 5.91 Å². The maximum Gasteiger partial charge on any atom is 0.341 e. The third kappa shape index (κ3) is 4.94. The van der Waals surface area contributed by atoms with E-state index < -0.39 is 24.5 Å². The lowest BCUT2D eigenvalue weighted by atomic mass is 10.1. The summed E-state index contributed by atoms with van der Waals surface area (Å²) in [5.41, 5.74) is 4.00. The number of methoxy groups -OCH3 is 1. The molecule has 32 heavy (non-hydrogen) atoms. The summed E-state index contributed by atoms with van der Waals surface area (Å²) in [5, 5.41) is 4.02. The highest BCUT2D eigenvalue weighted by molar-refractivity contribution is 7.16. The van der Waals surface area contributed by atoms with Crippen molar-refractivity contribution in [3.63, 3.8) is 0 Å². The van der Waals surface area contributed by atoms with Crippen molar-refractivity contribution in [2.75, 3.05) is 24.0 Å². The van der Waals surface area contributed by atoms with Crippen LogP contribution in [0.2, 0.25) is 0 Å². The van der Waals surface area contributed by atoms with Crippen LogP contribution >= 0.6 is 11.3 Å². The lowest BCUT2D eigenvalue weighted by molar-refractivity contribution is -0.130. The smallest absolute Gasteiger partial charge is 0.341 e. The van der Waals surface area contributed by atoms with Crippen molar-refractivity contribution in [2.24, 2.45) is 0 Å². The molecule has 1 aromatic heterocycles. The first kappa shape index (κ1) is 22.9. The molecule has 1 saturated heterocycles. The first-order chi connectivity index (χ1) is 15.2. The number of hydrogen-bond donors (Lipinski definition) is 2. The number of nitrogens with zero attached hydrogens (tertiary/aromatic N) is 1. The van der Waals surface area contributed by atoms with E-state index in [-0.39, 0.29) is 35.8 Å². The van der Waals surface area contributed by atoms with E-state index in [9.17, 15) is 24.0 Å². The molecule has 0 atom stereocenters. The van der Waals surface area contributed by atoms with Gasteiger partial charge >= 0.3 is 11.9 Å². The number of ether oxygens (including phenoxy) is 2. The number of carbonyl (C=O) groups excluding carboxylic acids is 5. The van der Waals surface area contributed by atoms with Gasteiger partial charge in [-0.3, -0.25) is 19.8 Å². The molecule has 1 aromatic carbocycles. The molecular formula is C21H21N3O7S. The van der Waals surface area contributed by atoms with Crippen LogP contribution in [0.5, 0.6) is 0 Å². The molecule has 2 N–H and O–H groups in total. The highest BCUT2D eigenvalue weighted by Crippen LogP contribution is 2.32. The second-order valence-corrected chi connectivity index (χ2v) is 8.14.